The Morgan fingerprint density at radius 1 is 1.38 bits per heavy atom. The maximum Gasteiger partial charge on any atom is 0.240 e. The number of hydrogen-bond donors (Lipinski definition) is 1. The molecule has 1 aromatic carbocycles. The molecule has 1 heterocycles. The predicted molar refractivity (Wildman–Crippen MR) is 83.3 cm³/mol. The lowest BCUT2D eigenvalue weighted by Crippen LogP contribution is -2.23. The zero-order chi connectivity index (χ0) is 14.5. The van der Waals surface area contributed by atoms with Gasteiger partial charge in [-0.05, 0) is 24.7 Å². The first-order chi connectivity index (χ1) is 9.62. The van der Waals surface area contributed by atoms with Crippen LogP contribution in [0.3, 0.4) is 0 Å². The van der Waals surface area contributed by atoms with Crippen molar-refractivity contribution in [1.82, 2.24) is 15.0 Å². The molecule has 0 unspecified atom stereocenters. The Bertz CT molecular complexity index is 581. The number of hydrogen-bond acceptors (Lipinski definition) is 5. The quantitative estimate of drug-likeness (QED) is 0.836. The fourth-order valence-corrected chi connectivity index (χ4v) is 2.23. The van der Waals surface area contributed by atoms with Gasteiger partial charge in [-0.3, -0.25) is 4.90 Å². The third kappa shape index (κ3) is 5.03. The Morgan fingerprint density at radius 3 is 2.76 bits per heavy atom. The number of nitrogens with two attached hydrogens (primary N) is 1. The highest BCUT2D eigenvalue weighted by Gasteiger charge is 2.12. The summed E-state index contributed by atoms with van der Waals surface area (Å²) in [7, 11) is 0. The van der Waals surface area contributed by atoms with Gasteiger partial charge in [0.25, 0.3) is 0 Å². The summed E-state index contributed by atoms with van der Waals surface area (Å²) in [6, 6.07) is 4.91. The molecule has 1 aromatic heterocycles. The lowest BCUT2D eigenvalue weighted by Gasteiger charge is -2.19. The Kier molecular flexibility index (Phi) is 7.24. The van der Waals surface area contributed by atoms with Crippen LogP contribution in [-0.4, -0.2) is 21.6 Å². The van der Waals surface area contributed by atoms with Gasteiger partial charge >= 0.3 is 0 Å². The minimum atomic E-state index is -0.220. The third-order valence-corrected chi connectivity index (χ3v) is 3.39. The molecule has 0 fully saturated rings. The number of nitrogens with zero attached hydrogens (tertiary/aromatic N) is 3. The summed E-state index contributed by atoms with van der Waals surface area (Å²) < 4.78 is 19.6. The van der Waals surface area contributed by atoms with Crippen LogP contribution in [-0.2, 0) is 19.6 Å². The molecule has 0 aliphatic carbocycles. The highest BCUT2D eigenvalue weighted by molar-refractivity contribution is 9.10. The first kappa shape index (κ1) is 18.0. The highest BCUT2D eigenvalue weighted by atomic mass is 79.9. The van der Waals surface area contributed by atoms with Crippen LogP contribution in [0.1, 0.15) is 24.2 Å². The molecule has 0 saturated heterocycles. The van der Waals surface area contributed by atoms with E-state index in [1.807, 2.05) is 11.8 Å². The highest BCUT2D eigenvalue weighted by Crippen LogP contribution is 2.18. The zero-order valence-electron chi connectivity index (χ0n) is 11.6. The van der Waals surface area contributed by atoms with Crippen LogP contribution < -0.4 is 5.73 Å². The van der Waals surface area contributed by atoms with Gasteiger partial charge < -0.3 is 10.3 Å². The van der Waals surface area contributed by atoms with Gasteiger partial charge in [-0.2, -0.15) is 4.98 Å². The number of halogens is 3. The molecule has 0 saturated carbocycles. The molecular weight excluding hydrogens is 363 g/mol. The van der Waals surface area contributed by atoms with E-state index in [0.29, 0.717) is 30.4 Å². The summed E-state index contributed by atoms with van der Waals surface area (Å²) >= 11 is 3.35. The van der Waals surface area contributed by atoms with Gasteiger partial charge in [0.1, 0.15) is 5.82 Å². The first-order valence-electron chi connectivity index (χ1n) is 6.30. The normalized spacial score (nSPS) is 10.7. The minimum Gasteiger partial charge on any atom is -0.338 e. The van der Waals surface area contributed by atoms with Crippen molar-refractivity contribution >= 4 is 28.3 Å². The van der Waals surface area contributed by atoms with Crippen LogP contribution in [0.15, 0.2) is 27.2 Å². The van der Waals surface area contributed by atoms with Crippen LogP contribution in [0.25, 0.3) is 0 Å². The summed E-state index contributed by atoms with van der Waals surface area (Å²) in [5, 5.41) is 3.85. The van der Waals surface area contributed by atoms with Gasteiger partial charge in [-0.15, -0.1) is 12.4 Å². The molecule has 5 nitrogen and oxygen atoms in total. The minimum absolute atomic E-state index is 0. The van der Waals surface area contributed by atoms with Gasteiger partial charge in [0, 0.05) is 16.6 Å². The van der Waals surface area contributed by atoms with E-state index in [0.717, 1.165) is 11.0 Å². The molecule has 2 rings (SSSR count). The van der Waals surface area contributed by atoms with Crippen molar-refractivity contribution in [1.29, 1.82) is 0 Å². The topological polar surface area (TPSA) is 68.2 Å². The molecular formula is C13H17BrClFN4O. The van der Waals surface area contributed by atoms with Gasteiger partial charge in [-0.1, -0.05) is 28.0 Å². The summed E-state index contributed by atoms with van der Waals surface area (Å²) in [5.74, 6) is 0.745. The number of aromatic nitrogens is 2. The van der Waals surface area contributed by atoms with E-state index in [1.165, 1.54) is 6.07 Å². The molecule has 2 aromatic rings. The van der Waals surface area contributed by atoms with Crippen molar-refractivity contribution in [3.05, 3.63) is 45.8 Å². The van der Waals surface area contributed by atoms with E-state index in [1.54, 1.807) is 12.1 Å². The van der Waals surface area contributed by atoms with Crippen LogP contribution in [0.5, 0.6) is 0 Å². The van der Waals surface area contributed by atoms with Crippen molar-refractivity contribution in [3.8, 4) is 0 Å². The molecule has 0 radical (unpaired) electrons. The maximum atomic E-state index is 13.7. The van der Waals surface area contributed by atoms with Crippen LogP contribution in [0.2, 0.25) is 0 Å². The molecule has 0 atom stereocenters. The molecule has 21 heavy (non-hydrogen) atoms. The predicted octanol–water partition coefficient (Wildman–Crippen LogP) is 2.87. The summed E-state index contributed by atoms with van der Waals surface area (Å²) in [6.07, 6.45) is 0. The van der Waals surface area contributed by atoms with Gasteiger partial charge in [0.15, 0.2) is 5.82 Å². The molecule has 0 amide bonds. The molecule has 8 heteroatoms. The van der Waals surface area contributed by atoms with E-state index < -0.39 is 0 Å². The second kappa shape index (κ2) is 8.43. The lowest BCUT2D eigenvalue weighted by atomic mass is 10.2. The van der Waals surface area contributed by atoms with E-state index in [2.05, 4.69) is 26.1 Å². The van der Waals surface area contributed by atoms with E-state index >= 15 is 0 Å². The largest absolute Gasteiger partial charge is 0.338 e. The first-order valence-corrected chi connectivity index (χ1v) is 7.09. The van der Waals surface area contributed by atoms with Crippen LogP contribution in [0, 0.1) is 5.82 Å². The summed E-state index contributed by atoms with van der Waals surface area (Å²) in [6.45, 7) is 3.94. The second-order valence-electron chi connectivity index (χ2n) is 4.35. The Morgan fingerprint density at radius 2 is 2.14 bits per heavy atom. The number of benzene rings is 1. The maximum absolute atomic E-state index is 13.7. The fraction of sp³-hybridized carbons (Fsp3) is 0.385. The second-order valence-corrected chi connectivity index (χ2v) is 5.26. The van der Waals surface area contributed by atoms with Gasteiger partial charge in [0.05, 0.1) is 13.1 Å². The monoisotopic (exact) mass is 378 g/mol. The van der Waals surface area contributed by atoms with Gasteiger partial charge in [0.2, 0.25) is 5.89 Å². The summed E-state index contributed by atoms with van der Waals surface area (Å²) in [4.78, 5) is 6.17. The van der Waals surface area contributed by atoms with E-state index in [9.17, 15) is 4.39 Å². The average Bonchev–Trinajstić information content (AvgIpc) is 2.89. The van der Waals surface area contributed by atoms with E-state index in [4.69, 9.17) is 10.3 Å². The van der Waals surface area contributed by atoms with Crippen molar-refractivity contribution in [2.24, 2.45) is 5.73 Å². The van der Waals surface area contributed by atoms with Crippen molar-refractivity contribution in [3.63, 3.8) is 0 Å². The van der Waals surface area contributed by atoms with Gasteiger partial charge in [-0.25, -0.2) is 4.39 Å². The zero-order valence-corrected chi connectivity index (χ0v) is 14.0. The third-order valence-electron chi connectivity index (χ3n) is 2.90. The Labute approximate surface area is 137 Å². The standard InChI is InChI=1S/C13H16BrFN4O.ClH/c1-2-19(8-12-17-13(6-16)20-18-12)7-9-5-10(14)3-4-11(9)15;/h3-5H,2,6-8,16H2,1H3;1H. The lowest BCUT2D eigenvalue weighted by molar-refractivity contribution is 0.255. The molecule has 0 aliphatic rings. The van der Waals surface area contributed by atoms with Crippen molar-refractivity contribution in [2.45, 2.75) is 26.6 Å². The average molecular weight is 380 g/mol. The molecule has 0 aliphatic heterocycles. The Hall–Kier alpha value is -1.02. The smallest absolute Gasteiger partial charge is 0.240 e. The fourth-order valence-electron chi connectivity index (χ4n) is 1.82. The van der Waals surface area contributed by atoms with Crippen LogP contribution in [0.4, 0.5) is 4.39 Å². The van der Waals surface area contributed by atoms with Crippen LogP contribution >= 0.6 is 28.3 Å². The Balaban J connectivity index is 0.00000220. The van der Waals surface area contributed by atoms with E-state index in [-0.39, 0.29) is 24.8 Å². The van der Waals surface area contributed by atoms with Crippen molar-refractivity contribution in [2.75, 3.05) is 6.54 Å². The molecule has 116 valence electrons. The van der Waals surface area contributed by atoms with Crippen molar-refractivity contribution < 1.29 is 8.91 Å². The molecule has 0 spiro atoms. The molecule has 0 bridgehead atoms. The SMILES string of the molecule is CCN(Cc1noc(CN)n1)Cc1cc(Br)ccc1F.Cl. The summed E-state index contributed by atoms with van der Waals surface area (Å²) in [5.41, 5.74) is 6.05. The number of rotatable bonds is 6. The molecule has 2 N–H and O–H groups in total.